The van der Waals surface area contributed by atoms with Gasteiger partial charge in [0.05, 0.1) is 5.56 Å². The van der Waals surface area contributed by atoms with E-state index >= 15 is 0 Å². The highest BCUT2D eigenvalue weighted by atomic mass is 79.9. The third-order valence-corrected chi connectivity index (χ3v) is 3.38. The third-order valence-electron chi connectivity index (χ3n) is 2.61. The summed E-state index contributed by atoms with van der Waals surface area (Å²) >= 11 is 3.36. The molecule has 0 aliphatic carbocycles. The molecule has 2 rings (SSSR count). The summed E-state index contributed by atoms with van der Waals surface area (Å²) in [4.78, 5) is 4.27. The van der Waals surface area contributed by atoms with Crippen LogP contribution in [0.1, 0.15) is 16.8 Å². The molecule has 0 atom stereocenters. The summed E-state index contributed by atoms with van der Waals surface area (Å²) in [6.07, 6.45) is 0. The Balaban J connectivity index is 2.21. The number of hydrogen-bond acceptors (Lipinski definition) is 3. The van der Waals surface area contributed by atoms with Gasteiger partial charge in [0.2, 0.25) is 0 Å². The second-order valence-corrected chi connectivity index (χ2v) is 4.90. The number of aromatic nitrogens is 1. The van der Waals surface area contributed by atoms with Crippen LogP contribution in [-0.2, 0) is 6.54 Å². The second-order valence-electron chi connectivity index (χ2n) is 4.05. The summed E-state index contributed by atoms with van der Waals surface area (Å²) < 4.78 is 14.0. The molecule has 0 bridgehead atoms. The molecule has 2 aromatic rings. The lowest BCUT2D eigenvalue weighted by Crippen LogP contribution is -2.05. The number of rotatable bonds is 3. The van der Waals surface area contributed by atoms with Crippen LogP contribution in [0.4, 0.5) is 10.2 Å². The maximum Gasteiger partial charge on any atom is 0.144 e. The Bertz CT molecular complexity index is 650. The van der Waals surface area contributed by atoms with E-state index in [0.717, 1.165) is 15.7 Å². The molecule has 0 aliphatic rings. The van der Waals surface area contributed by atoms with E-state index in [1.165, 1.54) is 12.1 Å². The molecule has 1 heterocycles. The molecule has 0 radical (unpaired) electrons. The van der Waals surface area contributed by atoms with Crippen LogP contribution in [0.15, 0.2) is 34.8 Å². The van der Waals surface area contributed by atoms with Crippen LogP contribution < -0.4 is 5.32 Å². The lowest BCUT2D eigenvalue weighted by molar-refractivity contribution is 0.625. The van der Waals surface area contributed by atoms with Crippen molar-refractivity contribution < 1.29 is 4.39 Å². The molecule has 1 N–H and O–H groups in total. The Kier molecular flexibility index (Phi) is 4.13. The summed E-state index contributed by atoms with van der Waals surface area (Å²) in [5, 5.41) is 12.1. The zero-order chi connectivity index (χ0) is 13.8. The monoisotopic (exact) mass is 319 g/mol. The SMILES string of the molecule is Cc1ccc(C#N)c(NCc2cc(F)ccc2Br)n1. The molecular formula is C14H11BrFN3. The molecule has 1 aromatic carbocycles. The molecule has 96 valence electrons. The molecule has 0 saturated carbocycles. The molecule has 5 heteroatoms. The fraction of sp³-hybridized carbons (Fsp3) is 0.143. The zero-order valence-electron chi connectivity index (χ0n) is 10.2. The quantitative estimate of drug-likeness (QED) is 0.936. The Morgan fingerprint density at radius 2 is 2.16 bits per heavy atom. The number of nitrogens with one attached hydrogen (secondary N) is 1. The van der Waals surface area contributed by atoms with E-state index in [0.29, 0.717) is 17.9 Å². The maximum atomic E-state index is 13.2. The maximum absolute atomic E-state index is 13.2. The Morgan fingerprint density at radius 1 is 1.37 bits per heavy atom. The number of hydrogen-bond donors (Lipinski definition) is 1. The van der Waals surface area contributed by atoms with Crippen LogP contribution in [-0.4, -0.2) is 4.98 Å². The van der Waals surface area contributed by atoms with Gasteiger partial charge in [-0.05, 0) is 42.8 Å². The molecule has 0 saturated heterocycles. The largest absolute Gasteiger partial charge is 0.365 e. The summed E-state index contributed by atoms with van der Waals surface area (Å²) in [6, 6.07) is 10.1. The standard InChI is InChI=1S/C14H11BrFN3/c1-9-2-3-10(7-17)14(19-9)18-8-11-6-12(16)4-5-13(11)15/h2-6H,8H2,1H3,(H,18,19). The van der Waals surface area contributed by atoms with Gasteiger partial charge in [0.15, 0.2) is 0 Å². The highest BCUT2D eigenvalue weighted by molar-refractivity contribution is 9.10. The van der Waals surface area contributed by atoms with Crippen molar-refractivity contribution in [3.05, 3.63) is 57.4 Å². The van der Waals surface area contributed by atoms with Gasteiger partial charge >= 0.3 is 0 Å². The normalized spacial score (nSPS) is 10.0. The van der Waals surface area contributed by atoms with Gasteiger partial charge in [0.1, 0.15) is 17.7 Å². The van der Waals surface area contributed by atoms with Crippen molar-refractivity contribution in [2.45, 2.75) is 13.5 Å². The Labute approximate surface area is 119 Å². The predicted molar refractivity (Wildman–Crippen MR) is 75.1 cm³/mol. The molecule has 1 aromatic heterocycles. The van der Waals surface area contributed by atoms with Gasteiger partial charge < -0.3 is 5.32 Å². The van der Waals surface area contributed by atoms with Crippen molar-refractivity contribution in [3.8, 4) is 6.07 Å². The number of halogens is 2. The van der Waals surface area contributed by atoms with Crippen molar-refractivity contribution in [2.24, 2.45) is 0 Å². The van der Waals surface area contributed by atoms with E-state index in [1.54, 1.807) is 18.2 Å². The first-order valence-electron chi connectivity index (χ1n) is 5.65. The fourth-order valence-electron chi connectivity index (χ4n) is 1.64. The molecular weight excluding hydrogens is 309 g/mol. The van der Waals surface area contributed by atoms with Gasteiger partial charge in [0, 0.05) is 16.7 Å². The fourth-order valence-corrected chi connectivity index (χ4v) is 2.03. The molecule has 0 unspecified atom stereocenters. The summed E-state index contributed by atoms with van der Waals surface area (Å²) in [7, 11) is 0. The second kappa shape index (κ2) is 5.81. The number of benzene rings is 1. The number of anilines is 1. The van der Waals surface area contributed by atoms with Crippen molar-refractivity contribution in [1.29, 1.82) is 5.26 Å². The van der Waals surface area contributed by atoms with Gasteiger partial charge in [-0.25, -0.2) is 9.37 Å². The first kappa shape index (κ1) is 13.5. The van der Waals surface area contributed by atoms with Crippen molar-refractivity contribution >= 4 is 21.7 Å². The molecule has 0 amide bonds. The number of nitrogens with zero attached hydrogens (tertiary/aromatic N) is 2. The highest BCUT2D eigenvalue weighted by Gasteiger charge is 2.06. The predicted octanol–water partition coefficient (Wildman–Crippen LogP) is 3.78. The van der Waals surface area contributed by atoms with Crippen LogP contribution in [0.3, 0.4) is 0 Å². The van der Waals surface area contributed by atoms with E-state index in [9.17, 15) is 4.39 Å². The Morgan fingerprint density at radius 3 is 2.89 bits per heavy atom. The molecule has 0 aliphatic heterocycles. The van der Waals surface area contributed by atoms with Crippen LogP contribution in [0.2, 0.25) is 0 Å². The van der Waals surface area contributed by atoms with Crippen molar-refractivity contribution in [2.75, 3.05) is 5.32 Å². The molecule has 0 spiro atoms. The zero-order valence-corrected chi connectivity index (χ0v) is 11.8. The first-order chi connectivity index (χ1) is 9.10. The minimum absolute atomic E-state index is 0.294. The average Bonchev–Trinajstić information content (AvgIpc) is 2.40. The Hall–Kier alpha value is -1.93. The van der Waals surface area contributed by atoms with Crippen LogP contribution in [0.25, 0.3) is 0 Å². The first-order valence-corrected chi connectivity index (χ1v) is 6.45. The lowest BCUT2D eigenvalue weighted by atomic mass is 10.2. The minimum atomic E-state index is -0.294. The molecule has 19 heavy (non-hydrogen) atoms. The van der Waals surface area contributed by atoms with Crippen LogP contribution >= 0.6 is 15.9 Å². The summed E-state index contributed by atoms with van der Waals surface area (Å²) in [6.45, 7) is 2.24. The number of nitriles is 1. The van der Waals surface area contributed by atoms with Gasteiger partial charge in [-0.1, -0.05) is 15.9 Å². The topological polar surface area (TPSA) is 48.7 Å². The van der Waals surface area contributed by atoms with E-state index in [2.05, 4.69) is 32.3 Å². The van der Waals surface area contributed by atoms with E-state index in [-0.39, 0.29) is 5.82 Å². The number of pyridine rings is 1. The highest BCUT2D eigenvalue weighted by Crippen LogP contribution is 2.20. The van der Waals surface area contributed by atoms with Gasteiger partial charge in [0.25, 0.3) is 0 Å². The summed E-state index contributed by atoms with van der Waals surface area (Å²) in [5.41, 5.74) is 2.06. The smallest absolute Gasteiger partial charge is 0.144 e. The number of aryl methyl sites for hydroxylation is 1. The van der Waals surface area contributed by atoms with Crippen LogP contribution in [0.5, 0.6) is 0 Å². The van der Waals surface area contributed by atoms with Gasteiger partial charge in [-0.3, -0.25) is 0 Å². The van der Waals surface area contributed by atoms with Gasteiger partial charge in [-0.2, -0.15) is 5.26 Å². The summed E-state index contributed by atoms with van der Waals surface area (Å²) in [5.74, 6) is 0.219. The van der Waals surface area contributed by atoms with Crippen LogP contribution in [0, 0.1) is 24.1 Å². The molecule has 3 nitrogen and oxygen atoms in total. The minimum Gasteiger partial charge on any atom is -0.365 e. The van der Waals surface area contributed by atoms with Crippen molar-refractivity contribution in [3.63, 3.8) is 0 Å². The molecule has 0 fully saturated rings. The van der Waals surface area contributed by atoms with E-state index in [1.807, 2.05) is 6.92 Å². The van der Waals surface area contributed by atoms with E-state index < -0.39 is 0 Å². The van der Waals surface area contributed by atoms with E-state index in [4.69, 9.17) is 5.26 Å². The lowest BCUT2D eigenvalue weighted by Gasteiger charge is -2.09. The third kappa shape index (κ3) is 3.30. The van der Waals surface area contributed by atoms with Gasteiger partial charge in [-0.15, -0.1) is 0 Å². The van der Waals surface area contributed by atoms with Crippen molar-refractivity contribution in [1.82, 2.24) is 4.98 Å². The average molecular weight is 320 g/mol.